The van der Waals surface area contributed by atoms with Crippen LogP contribution in [0, 0.1) is 0 Å². The number of aromatic nitrogens is 1. The molecule has 0 aromatic carbocycles. The highest BCUT2D eigenvalue weighted by Gasteiger charge is 2.36. The van der Waals surface area contributed by atoms with E-state index in [2.05, 4.69) is 9.98 Å². The van der Waals surface area contributed by atoms with Crippen LogP contribution in [0.2, 0.25) is 0 Å². The van der Waals surface area contributed by atoms with Gasteiger partial charge < -0.3 is 14.6 Å². The summed E-state index contributed by atoms with van der Waals surface area (Å²) in [5.41, 5.74) is -0.375. The van der Waals surface area contributed by atoms with Crippen molar-refractivity contribution < 1.29 is 19.4 Å². The first kappa shape index (κ1) is 17.7. The van der Waals surface area contributed by atoms with E-state index >= 15 is 0 Å². The molecule has 1 aromatic rings. The number of Topliss-reactive ketones (excluding diaryl/α,β-unsaturated/α-hetero) is 1. The van der Waals surface area contributed by atoms with Crippen molar-refractivity contribution in [2.24, 2.45) is 4.99 Å². The van der Waals surface area contributed by atoms with Gasteiger partial charge in [-0.3, -0.25) is 9.79 Å². The van der Waals surface area contributed by atoms with Gasteiger partial charge in [-0.1, -0.05) is 0 Å². The van der Waals surface area contributed by atoms with E-state index in [1.54, 1.807) is 26.3 Å². The highest BCUT2D eigenvalue weighted by atomic mass is 32.2. The number of unbranched alkanes of at least 4 members (excludes halogenated alkanes) is 1. The number of carbonyl (C=O) groups excluding carboxylic acids is 1. The van der Waals surface area contributed by atoms with E-state index in [0.29, 0.717) is 35.5 Å². The lowest BCUT2D eigenvalue weighted by atomic mass is 10.0. The van der Waals surface area contributed by atoms with Crippen molar-refractivity contribution in [3.05, 3.63) is 18.0 Å². The van der Waals surface area contributed by atoms with Gasteiger partial charge in [-0.2, -0.15) is 0 Å². The predicted molar refractivity (Wildman–Crippen MR) is 90.6 cm³/mol. The van der Waals surface area contributed by atoms with Crippen LogP contribution in [0.15, 0.2) is 17.3 Å². The Morgan fingerprint density at radius 3 is 2.83 bits per heavy atom. The van der Waals surface area contributed by atoms with Crippen LogP contribution in [0.25, 0.3) is 0 Å². The van der Waals surface area contributed by atoms with Crippen molar-refractivity contribution >= 4 is 22.6 Å². The van der Waals surface area contributed by atoms with Crippen molar-refractivity contribution in [2.45, 2.75) is 32.2 Å². The van der Waals surface area contributed by atoms with E-state index in [1.165, 1.54) is 18.7 Å². The topological polar surface area (TPSA) is 81.0 Å². The number of nitrogens with zero attached hydrogens (tertiary/aromatic N) is 2. The van der Waals surface area contributed by atoms with Gasteiger partial charge in [-0.15, -0.1) is 11.8 Å². The smallest absolute Gasteiger partial charge is 0.186 e. The molecule has 0 fully saturated rings. The minimum atomic E-state index is -0.745. The molecule has 1 atom stereocenters. The molecule has 7 heteroatoms. The van der Waals surface area contributed by atoms with Gasteiger partial charge in [0.15, 0.2) is 17.3 Å². The second-order valence-corrected chi connectivity index (χ2v) is 6.55. The van der Waals surface area contributed by atoms with Crippen LogP contribution in [0.1, 0.15) is 32.4 Å². The van der Waals surface area contributed by atoms with Gasteiger partial charge in [0.1, 0.15) is 16.3 Å². The molecule has 1 N–H and O–H groups in total. The molecule has 1 aromatic heterocycles. The molecule has 1 aliphatic rings. The normalized spacial score (nSPS) is 20.4. The maximum Gasteiger partial charge on any atom is 0.186 e. The summed E-state index contributed by atoms with van der Waals surface area (Å²) in [4.78, 5) is 20.3. The molecule has 2 heterocycles. The van der Waals surface area contributed by atoms with Crippen molar-refractivity contribution in [2.75, 3.05) is 26.1 Å². The van der Waals surface area contributed by atoms with Crippen LogP contribution in [0.4, 0.5) is 0 Å². The third-order valence-corrected chi connectivity index (χ3v) is 4.95. The molecule has 0 unspecified atom stereocenters. The van der Waals surface area contributed by atoms with E-state index in [1.807, 2.05) is 0 Å². The molecule has 0 amide bonds. The van der Waals surface area contributed by atoms with Gasteiger partial charge in [0.05, 0.1) is 6.61 Å². The zero-order valence-corrected chi connectivity index (χ0v) is 14.5. The van der Waals surface area contributed by atoms with Gasteiger partial charge in [0.25, 0.3) is 0 Å². The molecule has 0 aliphatic carbocycles. The zero-order valence-electron chi connectivity index (χ0n) is 13.7. The lowest BCUT2D eigenvalue weighted by Crippen LogP contribution is -2.31. The maximum atomic E-state index is 11.7. The van der Waals surface area contributed by atoms with E-state index in [9.17, 15) is 9.90 Å². The van der Waals surface area contributed by atoms with Crippen LogP contribution in [-0.2, 0) is 9.53 Å². The van der Waals surface area contributed by atoms with E-state index in [-0.39, 0.29) is 11.5 Å². The molecule has 0 saturated heterocycles. The first-order valence-electron chi connectivity index (χ1n) is 7.51. The minimum absolute atomic E-state index is 0.00466. The van der Waals surface area contributed by atoms with E-state index in [4.69, 9.17) is 9.47 Å². The largest absolute Gasteiger partial charge is 0.503 e. The van der Waals surface area contributed by atoms with Crippen LogP contribution in [0.5, 0.6) is 11.5 Å². The third kappa shape index (κ3) is 4.23. The molecular weight excluding hydrogens is 316 g/mol. The Balaban J connectivity index is 2.10. The number of hydrogen-bond donors (Lipinski definition) is 1. The summed E-state index contributed by atoms with van der Waals surface area (Å²) in [6.07, 6.45) is 3.31. The fraction of sp³-hybridized carbons (Fsp3) is 0.562. The summed E-state index contributed by atoms with van der Waals surface area (Å²) >= 11 is 1.42. The van der Waals surface area contributed by atoms with E-state index in [0.717, 1.165) is 12.8 Å². The lowest BCUT2D eigenvalue weighted by Gasteiger charge is -2.14. The molecule has 0 spiro atoms. The van der Waals surface area contributed by atoms with Crippen molar-refractivity contribution in [1.82, 2.24) is 4.98 Å². The number of ether oxygens (including phenoxy) is 2. The number of hydrogen-bond acceptors (Lipinski definition) is 7. The second-order valence-electron chi connectivity index (χ2n) is 5.59. The summed E-state index contributed by atoms with van der Waals surface area (Å²) in [7, 11) is 1.66. The average molecular weight is 338 g/mol. The summed E-state index contributed by atoms with van der Waals surface area (Å²) in [6, 6.07) is 1.62. The fourth-order valence-electron chi connectivity index (χ4n) is 2.04. The standard InChI is InChI=1S/C16H22N2O4S/c1-11(19)16(2)10-23-15(18-16)13-14(20)12(6-7-17-13)22-9-5-4-8-21-3/h6-7,20H,4-5,8-10H2,1-3H3/t16-/m1/s1. The Morgan fingerprint density at radius 2 is 2.17 bits per heavy atom. The number of rotatable bonds is 8. The Kier molecular flexibility index (Phi) is 6.01. The molecular formula is C16H22N2O4S. The number of aliphatic imine (C=N–C) groups is 1. The highest BCUT2D eigenvalue weighted by molar-refractivity contribution is 8.14. The predicted octanol–water partition coefficient (Wildman–Crippen LogP) is 2.43. The van der Waals surface area contributed by atoms with Gasteiger partial charge >= 0.3 is 0 Å². The summed E-state index contributed by atoms with van der Waals surface area (Å²) < 4.78 is 10.6. The number of pyridine rings is 1. The van der Waals surface area contributed by atoms with Crippen LogP contribution >= 0.6 is 11.8 Å². The summed E-state index contributed by atoms with van der Waals surface area (Å²) in [5, 5.41) is 10.9. The monoisotopic (exact) mass is 338 g/mol. The second kappa shape index (κ2) is 7.79. The van der Waals surface area contributed by atoms with Crippen LogP contribution in [0.3, 0.4) is 0 Å². The molecule has 0 saturated carbocycles. The molecule has 126 valence electrons. The first-order chi connectivity index (χ1) is 11.0. The SMILES string of the molecule is COCCCCOc1ccnc(C2=N[C@@](C)(C(C)=O)CS2)c1O. The zero-order chi connectivity index (χ0) is 16.9. The Labute approximate surface area is 140 Å². The number of aromatic hydroxyl groups is 1. The first-order valence-corrected chi connectivity index (χ1v) is 8.50. The Morgan fingerprint density at radius 1 is 1.43 bits per heavy atom. The quantitative estimate of drug-likeness (QED) is 0.733. The number of thioether (sulfide) groups is 1. The molecule has 6 nitrogen and oxygen atoms in total. The number of carbonyl (C=O) groups is 1. The van der Waals surface area contributed by atoms with Crippen LogP contribution in [-0.4, -0.2) is 52.5 Å². The Bertz CT molecular complexity index is 606. The van der Waals surface area contributed by atoms with Gasteiger partial charge in [0.2, 0.25) is 0 Å². The van der Waals surface area contributed by atoms with Crippen molar-refractivity contribution in [3.8, 4) is 11.5 Å². The minimum Gasteiger partial charge on any atom is -0.503 e. The number of methoxy groups -OCH3 is 1. The third-order valence-electron chi connectivity index (χ3n) is 3.69. The molecule has 2 rings (SSSR count). The Hall–Kier alpha value is -1.60. The maximum absolute atomic E-state index is 11.7. The average Bonchev–Trinajstić information content (AvgIpc) is 2.92. The summed E-state index contributed by atoms with van der Waals surface area (Å²) in [6.45, 7) is 4.50. The molecule has 23 heavy (non-hydrogen) atoms. The fourth-order valence-corrected chi connectivity index (χ4v) is 3.28. The number of ketones is 1. The van der Waals surface area contributed by atoms with Crippen molar-refractivity contribution in [1.29, 1.82) is 0 Å². The van der Waals surface area contributed by atoms with Gasteiger partial charge in [-0.05, 0) is 26.7 Å². The van der Waals surface area contributed by atoms with E-state index < -0.39 is 5.54 Å². The van der Waals surface area contributed by atoms with Crippen LogP contribution < -0.4 is 4.74 Å². The lowest BCUT2D eigenvalue weighted by molar-refractivity contribution is -0.120. The van der Waals surface area contributed by atoms with Gasteiger partial charge in [-0.25, -0.2) is 4.98 Å². The van der Waals surface area contributed by atoms with Crippen molar-refractivity contribution in [3.63, 3.8) is 0 Å². The molecule has 0 bridgehead atoms. The highest BCUT2D eigenvalue weighted by Crippen LogP contribution is 2.36. The van der Waals surface area contributed by atoms with Gasteiger partial charge in [0, 0.05) is 31.7 Å². The molecule has 1 aliphatic heterocycles. The molecule has 0 radical (unpaired) electrons. The summed E-state index contributed by atoms with van der Waals surface area (Å²) in [5.74, 6) is 0.913.